The Hall–Kier alpha value is -3.56. The summed E-state index contributed by atoms with van der Waals surface area (Å²) in [6, 6.07) is 9.52. The predicted octanol–water partition coefficient (Wildman–Crippen LogP) is 5.09. The highest BCUT2D eigenvalue weighted by Gasteiger charge is 2.22. The van der Waals surface area contributed by atoms with E-state index in [1.54, 1.807) is 23.5 Å². The molecule has 1 aliphatic carbocycles. The summed E-state index contributed by atoms with van der Waals surface area (Å²) < 4.78 is 21.3. The van der Waals surface area contributed by atoms with Crippen LogP contribution < -0.4 is 15.0 Å². The fraction of sp³-hybridized carbons (Fsp3) is 0.296. The van der Waals surface area contributed by atoms with Crippen molar-refractivity contribution in [3.8, 4) is 11.6 Å². The van der Waals surface area contributed by atoms with Crippen LogP contribution in [0.2, 0.25) is 0 Å². The number of fused-ring (bicyclic) bond motifs is 1. The number of anilines is 2. The van der Waals surface area contributed by atoms with Gasteiger partial charge in [-0.15, -0.1) is 11.3 Å². The quantitative estimate of drug-likeness (QED) is 0.525. The van der Waals surface area contributed by atoms with Crippen molar-refractivity contribution >= 4 is 40.6 Å². The number of allylic oxidation sites excluding steroid dienone is 1. The highest BCUT2D eigenvalue weighted by Crippen LogP contribution is 2.35. The number of piperazine rings is 1. The van der Waals surface area contributed by atoms with E-state index < -0.39 is 0 Å². The topological polar surface area (TPSA) is 65.9 Å². The predicted molar refractivity (Wildman–Crippen MR) is 144 cm³/mol. The van der Waals surface area contributed by atoms with E-state index in [2.05, 4.69) is 43.6 Å². The van der Waals surface area contributed by atoms with Crippen LogP contribution in [-0.4, -0.2) is 60.5 Å². The minimum atomic E-state index is -0.359. The summed E-state index contributed by atoms with van der Waals surface area (Å²) in [5.74, 6) is 1.91. The number of benzene rings is 1. The van der Waals surface area contributed by atoms with Crippen molar-refractivity contribution < 1.29 is 9.13 Å². The molecule has 0 atom stereocenters. The minimum Gasteiger partial charge on any atom is -0.436 e. The zero-order chi connectivity index (χ0) is 24.6. The van der Waals surface area contributed by atoms with Gasteiger partial charge in [0.15, 0.2) is 11.6 Å². The van der Waals surface area contributed by atoms with Gasteiger partial charge in [-0.2, -0.15) is 9.97 Å². The third kappa shape index (κ3) is 4.64. The maximum Gasteiger partial charge on any atom is 0.233 e. The molecule has 0 unspecified atom stereocenters. The van der Waals surface area contributed by atoms with Crippen molar-refractivity contribution in [3.63, 3.8) is 0 Å². The number of ether oxygens (including phenoxy) is 1. The van der Waals surface area contributed by atoms with E-state index in [0.29, 0.717) is 29.8 Å². The molecule has 9 heteroatoms. The molecule has 1 fully saturated rings. The molecule has 36 heavy (non-hydrogen) atoms. The molecule has 3 aliphatic rings. The van der Waals surface area contributed by atoms with Gasteiger partial charge >= 0.3 is 0 Å². The number of hydrogen-bond acceptors (Lipinski definition) is 8. The summed E-state index contributed by atoms with van der Waals surface area (Å²) in [5.41, 5.74) is 3.87. The SMILES string of the molecule is CC1=Cc2c(ccc(Oc3cc(N4CCN(C)CC4)nc(NC4=NCC(c5cccs5)=C4)n3)c2F)C1. The fourth-order valence-electron chi connectivity index (χ4n) is 4.66. The minimum absolute atomic E-state index is 0.159. The zero-order valence-corrected chi connectivity index (χ0v) is 21.1. The molecule has 0 saturated carbocycles. The lowest BCUT2D eigenvalue weighted by Gasteiger charge is -2.33. The Morgan fingerprint density at radius 1 is 1.08 bits per heavy atom. The standard InChI is InChI=1S/C27H27FN6OS/c1-17-12-18-5-6-21(26(28)20(18)13-17)35-25-15-24(34-9-7-33(2)8-10-34)31-27(32-25)30-23-14-19(16-29-23)22-4-3-11-36-22/h3-6,11,13-15H,7-10,12,16H2,1-2H3,(H,29,30,31,32). The molecule has 0 bridgehead atoms. The number of likely N-dealkylation sites (N-methyl/N-ethyl adjacent to an activating group) is 1. The number of aromatic nitrogens is 2. The molecule has 7 nitrogen and oxygen atoms in total. The van der Waals surface area contributed by atoms with Crippen LogP contribution in [0.4, 0.5) is 16.2 Å². The Morgan fingerprint density at radius 3 is 2.75 bits per heavy atom. The van der Waals surface area contributed by atoms with E-state index in [4.69, 9.17) is 9.72 Å². The van der Waals surface area contributed by atoms with Crippen molar-refractivity contribution in [1.29, 1.82) is 0 Å². The Morgan fingerprint density at radius 2 is 1.94 bits per heavy atom. The first-order valence-corrected chi connectivity index (χ1v) is 12.9. The molecule has 2 aromatic heterocycles. The molecule has 1 aromatic carbocycles. The van der Waals surface area contributed by atoms with Crippen molar-refractivity contribution in [2.45, 2.75) is 13.3 Å². The first-order valence-electron chi connectivity index (χ1n) is 12.1. The van der Waals surface area contributed by atoms with E-state index in [9.17, 15) is 0 Å². The van der Waals surface area contributed by atoms with E-state index in [1.165, 1.54) is 4.88 Å². The van der Waals surface area contributed by atoms with Crippen LogP contribution in [0.3, 0.4) is 0 Å². The van der Waals surface area contributed by atoms with Gasteiger partial charge in [-0.3, -0.25) is 4.99 Å². The summed E-state index contributed by atoms with van der Waals surface area (Å²) in [4.78, 5) is 19.6. The molecule has 1 saturated heterocycles. The molecule has 0 spiro atoms. The molecule has 184 valence electrons. The van der Waals surface area contributed by atoms with Gasteiger partial charge in [0.2, 0.25) is 11.8 Å². The average molecular weight is 503 g/mol. The molecular weight excluding hydrogens is 475 g/mol. The number of nitrogens with one attached hydrogen (secondary N) is 1. The Balaban J connectivity index is 1.30. The van der Waals surface area contributed by atoms with Gasteiger partial charge in [-0.25, -0.2) is 4.39 Å². The molecule has 6 rings (SSSR count). The van der Waals surface area contributed by atoms with Crippen LogP contribution in [0.15, 0.2) is 52.4 Å². The molecule has 3 aromatic rings. The highest BCUT2D eigenvalue weighted by molar-refractivity contribution is 7.11. The summed E-state index contributed by atoms with van der Waals surface area (Å²) in [6.45, 7) is 6.17. The van der Waals surface area contributed by atoms with E-state index in [0.717, 1.165) is 55.1 Å². The van der Waals surface area contributed by atoms with Gasteiger partial charge in [-0.05, 0) is 55.1 Å². The first kappa shape index (κ1) is 22.9. The molecule has 1 N–H and O–H groups in total. The van der Waals surface area contributed by atoms with E-state index in [1.807, 2.05) is 31.2 Å². The third-order valence-corrected chi connectivity index (χ3v) is 7.58. The Labute approximate surface area is 213 Å². The smallest absolute Gasteiger partial charge is 0.233 e. The lowest BCUT2D eigenvalue weighted by atomic mass is 10.1. The number of hydrogen-bond donors (Lipinski definition) is 1. The van der Waals surface area contributed by atoms with Crippen molar-refractivity contribution in [1.82, 2.24) is 14.9 Å². The van der Waals surface area contributed by atoms with E-state index >= 15 is 4.39 Å². The molecule has 0 radical (unpaired) electrons. The van der Waals surface area contributed by atoms with Crippen LogP contribution in [-0.2, 0) is 6.42 Å². The van der Waals surface area contributed by atoms with Crippen molar-refractivity contribution in [3.05, 3.63) is 69.2 Å². The van der Waals surface area contributed by atoms with E-state index in [-0.39, 0.29) is 11.6 Å². The summed E-state index contributed by atoms with van der Waals surface area (Å²) in [6.07, 6.45) is 4.67. The van der Waals surface area contributed by atoms with Gasteiger partial charge in [0.25, 0.3) is 0 Å². The highest BCUT2D eigenvalue weighted by atomic mass is 32.1. The number of nitrogens with zero attached hydrogens (tertiary/aromatic N) is 5. The maximum atomic E-state index is 15.3. The molecule has 4 heterocycles. The largest absolute Gasteiger partial charge is 0.436 e. The second-order valence-electron chi connectivity index (χ2n) is 9.37. The van der Waals surface area contributed by atoms with Gasteiger partial charge in [0, 0.05) is 42.7 Å². The third-order valence-electron chi connectivity index (χ3n) is 6.63. The van der Waals surface area contributed by atoms with Crippen molar-refractivity contribution in [2.24, 2.45) is 4.99 Å². The molecule has 0 amide bonds. The number of thiophene rings is 1. The summed E-state index contributed by atoms with van der Waals surface area (Å²) in [7, 11) is 2.11. The lowest BCUT2D eigenvalue weighted by molar-refractivity contribution is 0.312. The number of aliphatic imine (C=N–C) groups is 1. The molecule has 2 aliphatic heterocycles. The molecular formula is C27H27FN6OS. The normalized spacial score (nSPS) is 17.5. The lowest BCUT2D eigenvalue weighted by Crippen LogP contribution is -2.44. The number of rotatable bonds is 5. The van der Waals surface area contributed by atoms with Crippen LogP contribution in [0.1, 0.15) is 22.9 Å². The Kier molecular flexibility index (Phi) is 6.02. The van der Waals surface area contributed by atoms with Gasteiger partial charge in [0.05, 0.1) is 6.54 Å². The van der Waals surface area contributed by atoms with Gasteiger partial charge in [0.1, 0.15) is 11.7 Å². The summed E-state index contributed by atoms with van der Waals surface area (Å²) >= 11 is 1.69. The fourth-order valence-corrected chi connectivity index (χ4v) is 5.39. The Bertz CT molecular complexity index is 1390. The van der Waals surface area contributed by atoms with Crippen LogP contribution in [0.5, 0.6) is 11.6 Å². The van der Waals surface area contributed by atoms with Crippen molar-refractivity contribution in [2.75, 3.05) is 50.0 Å². The second kappa shape index (κ2) is 9.48. The van der Waals surface area contributed by atoms with Crippen LogP contribution in [0.25, 0.3) is 11.6 Å². The maximum absolute atomic E-state index is 15.3. The number of halogens is 1. The second-order valence-corrected chi connectivity index (χ2v) is 10.3. The summed E-state index contributed by atoms with van der Waals surface area (Å²) in [5, 5.41) is 5.30. The van der Waals surface area contributed by atoms with Crippen LogP contribution >= 0.6 is 11.3 Å². The van der Waals surface area contributed by atoms with Gasteiger partial charge in [-0.1, -0.05) is 23.8 Å². The monoisotopic (exact) mass is 502 g/mol. The number of amidine groups is 1. The van der Waals surface area contributed by atoms with Gasteiger partial charge < -0.3 is 19.9 Å². The zero-order valence-electron chi connectivity index (χ0n) is 20.3. The average Bonchev–Trinajstić information content (AvgIpc) is 3.62. The first-order chi connectivity index (χ1) is 17.5. The van der Waals surface area contributed by atoms with Crippen LogP contribution in [0, 0.1) is 5.82 Å².